The third kappa shape index (κ3) is 3.45. The van der Waals surface area contributed by atoms with Gasteiger partial charge in [-0.15, -0.1) is 6.58 Å². The largest absolute Gasteiger partial charge is 0.319 e. The highest BCUT2D eigenvalue weighted by atomic mass is 14.8. The fourth-order valence-electron chi connectivity index (χ4n) is 2.78. The highest BCUT2D eigenvalue weighted by Gasteiger charge is 2.27. The van der Waals surface area contributed by atoms with E-state index in [1.54, 1.807) is 0 Å². The molecule has 1 aliphatic rings. The van der Waals surface area contributed by atoms with Gasteiger partial charge in [0.2, 0.25) is 0 Å². The molecule has 1 fully saturated rings. The molecule has 1 N–H and O–H groups in total. The summed E-state index contributed by atoms with van der Waals surface area (Å²) in [6, 6.07) is 0. The first-order valence-corrected chi connectivity index (χ1v) is 6.03. The summed E-state index contributed by atoms with van der Waals surface area (Å²) in [7, 11) is 2.07. The van der Waals surface area contributed by atoms with E-state index in [4.69, 9.17) is 0 Å². The van der Waals surface area contributed by atoms with Crippen molar-refractivity contribution in [2.45, 2.75) is 39.0 Å². The van der Waals surface area contributed by atoms with Crippen LogP contribution in [0.3, 0.4) is 0 Å². The topological polar surface area (TPSA) is 12.0 Å². The summed E-state index contributed by atoms with van der Waals surface area (Å²) in [5.41, 5.74) is 0. The Labute approximate surface area is 89.0 Å². The second-order valence-electron chi connectivity index (χ2n) is 4.86. The van der Waals surface area contributed by atoms with Crippen molar-refractivity contribution in [1.82, 2.24) is 5.32 Å². The minimum Gasteiger partial charge on any atom is -0.319 e. The Morgan fingerprint density at radius 2 is 2.14 bits per heavy atom. The lowest BCUT2D eigenvalue weighted by atomic mass is 9.73. The maximum Gasteiger partial charge on any atom is -0.00209 e. The minimum absolute atomic E-state index is 0.913. The van der Waals surface area contributed by atoms with Crippen LogP contribution < -0.4 is 5.32 Å². The quantitative estimate of drug-likeness (QED) is 0.664. The number of nitrogens with one attached hydrogen (secondary N) is 1. The van der Waals surface area contributed by atoms with Gasteiger partial charge < -0.3 is 5.32 Å². The molecule has 14 heavy (non-hydrogen) atoms. The average molecular weight is 195 g/mol. The van der Waals surface area contributed by atoms with Crippen LogP contribution in [0, 0.1) is 17.8 Å². The first-order chi connectivity index (χ1) is 6.77. The van der Waals surface area contributed by atoms with E-state index in [-0.39, 0.29) is 0 Å². The zero-order chi connectivity index (χ0) is 10.4. The molecule has 1 nitrogen and oxygen atoms in total. The lowest BCUT2D eigenvalue weighted by Gasteiger charge is -2.34. The molecule has 0 bridgehead atoms. The molecule has 0 saturated heterocycles. The second kappa shape index (κ2) is 6.23. The van der Waals surface area contributed by atoms with Gasteiger partial charge in [0, 0.05) is 0 Å². The van der Waals surface area contributed by atoms with E-state index in [1.165, 1.54) is 38.6 Å². The van der Waals surface area contributed by atoms with Crippen molar-refractivity contribution in [2.24, 2.45) is 17.8 Å². The lowest BCUT2D eigenvalue weighted by Crippen LogP contribution is -2.31. The molecule has 3 unspecified atom stereocenters. The molecule has 3 atom stereocenters. The Kier molecular flexibility index (Phi) is 5.24. The second-order valence-corrected chi connectivity index (χ2v) is 4.86. The summed E-state index contributed by atoms with van der Waals surface area (Å²) in [5, 5.41) is 3.33. The van der Waals surface area contributed by atoms with Crippen LogP contribution in [0.25, 0.3) is 0 Å². The standard InChI is InChI=1S/C13H25N/c1-4-5-6-12-9-11(2)7-8-13(12)10-14-3/h4,11-14H,1,5-10H2,2-3H3. The van der Waals surface area contributed by atoms with E-state index in [1.807, 2.05) is 0 Å². The normalized spacial score (nSPS) is 32.9. The van der Waals surface area contributed by atoms with Gasteiger partial charge in [-0.2, -0.15) is 0 Å². The van der Waals surface area contributed by atoms with Crippen LogP contribution in [-0.2, 0) is 0 Å². The molecular formula is C13H25N. The van der Waals surface area contributed by atoms with E-state index in [0.29, 0.717) is 0 Å². The van der Waals surface area contributed by atoms with Gasteiger partial charge in [-0.1, -0.05) is 19.4 Å². The minimum atomic E-state index is 0.913. The molecule has 0 radical (unpaired) electrons. The van der Waals surface area contributed by atoms with Gasteiger partial charge in [0.1, 0.15) is 0 Å². The molecule has 0 aromatic carbocycles. The Bertz CT molecular complexity index is 165. The summed E-state index contributed by atoms with van der Waals surface area (Å²) < 4.78 is 0. The monoisotopic (exact) mass is 195 g/mol. The van der Waals surface area contributed by atoms with E-state index in [2.05, 4.69) is 31.9 Å². The third-order valence-corrected chi connectivity index (χ3v) is 3.61. The van der Waals surface area contributed by atoms with E-state index < -0.39 is 0 Å². The molecule has 82 valence electrons. The van der Waals surface area contributed by atoms with Gasteiger partial charge in [-0.05, 0) is 57.0 Å². The number of hydrogen-bond acceptors (Lipinski definition) is 1. The molecule has 0 aromatic heterocycles. The Balaban J connectivity index is 2.40. The highest BCUT2D eigenvalue weighted by molar-refractivity contribution is 4.81. The van der Waals surface area contributed by atoms with Crippen molar-refractivity contribution in [1.29, 1.82) is 0 Å². The average Bonchev–Trinajstić information content (AvgIpc) is 2.18. The van der Waals surface area contributed by atoms with Gasteiger partial charge >= 0.3 is 0 Å². The van der Waals surface area contributed by atoms with Crippen LogP contribution in [0.4, 0.5) is 0 Å². The SMILES string of the molecule is C=CCCC1CC(C)CCC1CNC. The molecule has 0 aliphatic heterocycles. The smallest absolute Gasteiger partial charge is 0.00209 e. The van der Waals surface area contributed by atoms with Gasteiger partial charge in [-0.25, -0.2) is 0 Å². The Morgan fingerprint density at radius 1 is 1.36 bits per heavy atom. The summed E-state index contributed by atoms with van der Waals surface area (Å²) in [6.45, 7) is 7.42. The molecule has 0 aromatic rings. The van der Waals surface area contributed by atoms with Crippen LogP contribution in [0.2, 0.25) is 0 Å². The Hall–Kier alpha value is -0.300. The summed E-state index contributed by atoms with van der Waals surface area (Å²) in [6.07, 6.45) is 8.88. The zero-order valence-corrected chi connectivity index (χ0v) is 9.76. The van der Waals surface area contributed by atoms with Crippen molar-refractivity contribution in [2.75, 3.05) is 13.6 Å². The molecule has 1 aliphatic carbocycles. The van der Waals surface area contributed by atoms with Gasteiger partial charge in [0.15, 0.2) is 0 Å². The summed E-state index contributed by atoms with van der Waals surface area (Å²) >= 11 is 0. The zero-order valence-electron chi connectivity index (χ0n) is 9.76. The fraction of sp³-hybridized carbons (Fsp3) is 0.846. The molecule has 0 heterocycles. The maximum absolute atomic E-state index is 3.82. The van der Waals surface area contributed by atoms with E-state index in [0.717, 1.165) is 17.8 Å². The molecular weight excluding hydrogens is 170 g/mol. The van der Waals surface area contributed by atoms with E-state index >= 15 is 0 Å². The van der Waals surface area contributed by atoms with Crippen LogP contribution >= 0.6 is 0 Å². The van der Waals surface area contributed by atoms with Crippen LogP contribution in [-0.4, -0.2) is 13.6 Å². The lowest BCUT2D eigenvalue weighted by molar-refractivity contribution is 0.178. The van der Waals surface area contributed by atoms with E-state index in [9.17, 15) is 0 Å². The first kappa shape index (κ1) is 11.8. The molecule has 1 rings (SSSR count). The molecule has 0 spiro atoms. The van der Waals surface area contributed by atoms with Crippen molar-refractivity contribution in [3.05, 3.63) is 12.7 Å². The highest BCUT2D eigenvalue weighted by Crippen LogP contribution is 2.36. The molecule has 1 saturated carbocycles. The Morgan fingerprint density at radius 3 is 2.79 bits per heavy atom. The number of rotatable bonds is 5. The summed E-state index contributed by atoms with van der Waals surface area (Å²) in [4.78, 5) is 0. The molecule has 1 heteroatoms. The van der Waals surface area contributed by atoms with Crippen molar-refractivity contribution >= 4 is 0 Å². The fourth-order valence-corrected chi connectivity index (χ4v) is 2.78. The predicted molar refractivity (Wildman–Crippen MR) is 63.4 cm³/mol. The number of hydrogen-bond donors (Lipinski definition) is 1. The van der Waals surface area contributed by atoms with Crippen LogP contribution in [0.15, 0.2) is 12.7 Å². The van der Waals surface area contributed by atoms with Gasteiger partial charge in [0.05, 0.1) is 0 Å². The number of allylic oxidation sites excluding steroid dienone is 1. The predicted octanol–water partition coefficient (Wildman–Crippen LogP) is 3.22. The summed E-state index contributed by atoms with van der Waals surface area (Å²) in [5.74, 6) is 2.79. The van der Waals surface area contributed by atoms with Gasteiger partial charge in [-0.3, -0.25) is 0 Å². The van der Waals surface area contributed by atoms with Crippen LogP contribution in [0.1, 0.15) is 39.0 Å². The van der Waals surface area contributed by atoms with Gasteiger partial charge in [0.25, 0.3) is 0 Å². The first-order valence-electron chi connectivity index (χ1n) is 6.03. The van der Waals surface area contributed by atoms with Crippen molar-refractivity contribution in [3.8, 4) is 0 Å². The van der Waals surface area contributed by atoms with Crippen LogP contribution in [0.5, 0.6) is 0 Å². The van der Waals surface area contributed by atoms with Crippen molar-refractivity contribution in [3.63, 3.8) is 0 Å². The third-order valence-electron chi connectivity index (χ3n) is 3.61. The van der Waals surface area contributed by atoms with Crippen molar-refractivity contribution < 1.29 is 0 Å². The maximum atomic E-state index is 3.82. The molecule has 0 amide bonds.